The average Bonchev–Trinajstić information content (AvgIpc) is 2.37. The molecule has 1 aliphatic heterocycles. The molecule has 7 nitrogen and oxygen atoms in total. The predicted octanol–water partition coefficient (Wildman–Crippen LogP) is -0.201. The largest absolute Gasteiger partial charge is 0.409 e. The van der Waals surface area contributed by atoms with Gasteiger partial charge in [-0.2, -0.15) is 0 Å². The first kappa shape index (κ1) is 13.6. The highest BCUT2D eigenvalue weighted by atomic mass is 32.2. The summed E-state index contributed by atoms with van der Waals surface area (Å²) < 4.78 is 23.2. The van der Waals surface area contributed by atoms with E-state index < -0.39 is 9.84 Å². The van der Waals surface area contributed by atoms with Gasteiger partial charge >= 0.3 is 0 Å². The van der Waals surface area contributed by atoms with Gasteiger partial charge in [-0.3, -0.25) is 0 Å². The molecule has 0 aromatic carbocycles. The Morgan fingerprint density at radius 2 is 2.37 bits per heavy atom. The molecule has 0 saturated carbocycles. The first-order chi connectivity index (χ1) is 8.94. The zero-order valence-corrected chi connectivity index (χ0v) is 11.3. The van der Waals surface area contributed by atoms with Gasteiger partial charge < -0.3 is 15.8 Å². The van der Waals surface area contributed by atoms with Crippen LogP contribution in [0, 0.1) is 0 Å². The van der Waals surface area contributed by atoms with Crippen LogP contribution in [-0.2, 0) is 9.84 Å². The van der Waals surface area contributed by atoms with E-state index in [0.29, 0.717) is 17.9 Å². The number of rotatable bonds is 2. The van der Waals surface area contributed by atoms with Crippen LogP contribution in [0.3, 0.4) is 0 Å². The highest BCUT2D eigenvalue weighted by Crippen LogP contribution is 2.23. The maximum absolute atomic E-state index is 11.6. The summed E-state index contributed by atoms with van der Waals surface area (Å²) >= 11 is 0. The van der Waals surface area contributed by atoms with E-state index >= 15 is 0 Å². The highest BCUT2D eigenvalue weighted by molar-refractivity contribution is 7.91. The maximum atomic E-state index is 11.6. The lowest BCUT2D eigenvalue weighted by Gasteiger charge is -2.35. The minimum Gasteiger partial charge on any atom is -0.409 e. The van der Waals surface area contributed by atoms with E-state index in [1.807, 2.05) is 11.8 Å². The number of amidine groups is 1. The van der Waals surface area contributed by atoms with Crippen LogP contribution in [0.2, 0.25) is 0 Å². The van der Waals surface area contributed by atoms with Crippen LogP contribution < -0.4 is 10.6 Å². The fourth-order valence-electron chi connectivity index (χ4n) is 2.19. The zero-order chi connectivity index (χ0) is 14.0. The molecule has 2 heterocycles. The summed E-state index contributed by atoms with van der Waals surface area (Å²) in [7, 11) is -2.99. The summed E-state index contributed by atoms with van der Waals surface area (Å²) in [5.41, 5.74) is 6.11. The molecule has 1 aromatic rings. The van der Waals surface area contributed by atoms with Gasteiger partial charge in [-0.15, -0.1) is 0 Å². The molecule has 0 radical (unpaired) electrons. The average molecular weight is 284 g/mol. The summed E-state index contributed by atoms with van der Waals surface area (Å²) in [4.78, 5) is 6.10. The molecule has 1 atom stereocenters. The molecule has 104 valence electrons. The lowest BCUT2D eigenvalue weighted by Crippen LogP contribution is -2.48. The minimum atomic E-state index is -2.99. The molecule has 8 heteroatoms. The summed E-state index contributed by atoms with van der Waals surface area (Å²) in [5.74, 6) is 0.673. The standard InChI is InChI=1S/C11H16N4O3S/c1-8-7-19(17,18)6-5-15(8)11-9(10(12)14-16)3-2-4-13-11/h2-4,8,16H,5-7H2,1H3,(H2,12,14). The van der Waals surface area contributed by atoms with Crippen LogP contribution in [0.1, 0.15) is 12.5 Å². The lowest BCUT2D eigenvalue weighted by molar-refractivity contribution is 0.318. The Morgan fingerprint density at radius 1 is 1.63 bits per heavy atom. The molecular weight excluding hydrogens is 268 g/mol. The Morgan fingerprint density at radius 3 is 3.00 bits per heavy atom. The number of aromatic nitrogens is 1. The first-order valence-corrected chi connectivity index (χ1v) is 7.67. The van der Waals surface area contributed by atoms with Crippen molar-refractivity contribution < 1.29 is 13.6 Å². The van der Waals surface area contributed by atoms with E-state index in [0.717, 1.165) is 0 Å². The summed E-state index contributed by atoms with van der Waals surface area (Å²) in [5, 5.41) is 11.8. The second-order valence-electron chi connectivity index (χ2n) is 4.52. The van der Waals surface area contributed by atoms with Gasteiger partial charge in [-0.05, 0) is 19.1 Å². The van der Waals surface area contributed by atoms with E-state index in [2.05, 4.69) is 10.1 Å². The van der Waals surface area contributed by atoms with Crippen molar-refractivity contribution in [3.05, 3.63) is 23.9 Å². The van der Waals surface area contributed by atoms with Crippen molar-refractivity contribution in [3.63, 3.8) is 0 Å². The third kappa shape index (κ3) is 2.78. The maximum Gasteiger partial charge on any atom is 0.173 e. The van der Waals surface area contributed by atoms with Crippen molar-refractivity contribution >= 4 is 21.5 Å². The quantitative estimate of drug-likeness (QED) is 0.337. The van der Waals surface area contributed by atoms with Crippen molar-refractivity contribution in [2.45, 2.75) is 13.0 Å². The molecule has 3 N–H and O–H groups in total. The van der Waals surface area contributed by atoms with Crippen LogP contribution in [0.25, 0.3) is 0 Å². The number of sulfone groups is 1. The van der Waals surface area contributed by atoms with Crippen molar-refractivity contribution in [2.75, 3.05) is 23.0 Å². The fraction of sp³-hybridized carbons (Fsp3) is 0.455. The van der Waals surface area contributed by atoms with Gasteiger partial charge in [-0.25, -0.2) is 13.4 Å². The Bertz CT molecular complexity index is 600. The Labute approximate surface area is 111 Å². The van der Waals surface area contributed by atoms with Crippen LogP contribution in [0.15, 0.2) is 23.5 Å². The van der Waals surface area contributed by atoms with Crippen molar-refractivity contribution in [1.82, 2.24) is 4.98 Å². The molecule has 1 aliphatic rings. The lowest BCUT2D eigenvalue weighted by atomic mass is 10.2. The molecule has 1 fully saturated rings. The Balaban J connectivity index is 2.38. The molecule has 0 amide bonds. The van der Waals surface area contributed by atoms with Gasteiger partial charge in [0.05, 0.1) is 17.1 Å². The smallest absolute Gasteiger partial charge is 0.173 e. The van der Waals surface area contributed by atoms with Crippen molar-refractivity contribution in [3.8, 4) is 0 Å². The molecule has 0 aliphatic carbocycles. The fourth-order valence-corrected chi connectivity index (χ4v) is 3.75. The third-order valence-corrected chi connectivity index (χ3v) is 4.91. The van der Waals surface area contributed by atoms with Crippen LogP contribution in [-0.4, -0.2) is 48.5 Å². The van der Waals surface area contributed by atoms with Crippen LogP contribution >= 0.6 is 0 Å². The van der Waals surface area contributed by atoms with Crippen molar-refractivity contribution in [1.29, 1.82) is 0 Å². The second-order valence-corrected chi connectivity index (χ2v) is 6.75. The number of pyridine rings is 1. The molecule has 0 spiro atoms. The van der Waals surface area contributed by atoms with Gasteiger partial charge in [0.15, 0.2) is 15.7 Å². The molecule has 0 bridgehead atoms. The SMILES string of the molecule is CC1CS(=O)(=O)CCN1c1ncccc1/C(N)=N/O. The predicted molar refractivity (Wildman–Crippen MR) is 72.2 cm³/mol. The van der Waals surface area contributed by atoms with Crippen LogP contribution in [0.5, 0.6) is 0 Å². The van der Waals surface area contributed by atoms with Gasteiger partial charge in [0.25, 0.3) is 0 Å². The number of nitrogens with two attached hydrogens (primary N) is 1. The van der Waals surface area contributed by atoms with E-state index in [4.69, 9.17) is 10.9 Å². The van der Waals surface area contributed by atoms with Crippen molar-refractivity contribution in [2.24, 2.45) is 10.9 Å². The highest BCUT2D eigenvalue weighted by Gasteiger charge is 2.30. The Kier molecular flexibility index (Phi) is 3.61. The van der Waals surface area contributed by atoms with Gasteiger partial charge in [-0.1, -0.05) is 5.16 Å². The number of oxime groups is 1. The first-order valence-electron chi connectivity index (χ1n) is 5.84. The topological polar surface area (TPSA) is 109 Å². The van der Waals surface area contributed by atoms with Gasteiger partial charge in [0.2, 0.25) is 0 Å². The molecule has 1 saturated heterocycles. The van der Waals surface area contributed by atoms with E-state index in [-0.39, 0.29) is 23.4 Å². The van der Waals surface area contributed by atoms with E-state index in [1.54, 1.807) is 18.3 Å². The number of hydrogen-bond acceptors (Lipinski definition) is 6. The molecule has 19 heavy (non-hydrogen) atoms. The summed E-state index contributed by atoms with van der Waals surface area (Å²) in [6, 6.07) is 3.18. The monoisotopic (exact) mass is 284 g/mol. The molecule has 2 rings (SSSR count). The van der Waals surface area contributed by atoms with Gasteiger partial charge in [0, 0.05) is 18.8 Å². The molecular formula is C11H16N4O3S. The minimum absolute atomic E-state index is 0.0382. The summed E-state index contributed by atoms with van der Waals surface area (Å²) in [6.07, 6.45) is 1.60. The third-order valence-electron chi connectivity index (χ3n) is 3.11. The van der Waals surface area contributed by atoms with E-state index in [1.165, 1.54) is 0 Å². The Hall–Kier alpha value is -1.83. The zero-order valence-electron chi connectivity index (χ0n) is 10.5. The number of anilines is 1. The summed E-state index contributed by atoms with van der Waals surface area (Å²) in [6.45, 7) is 2.17. The van der Waals surface area contributed by atoms with E-state index in [9.17, 15) is 8.42 Å². The normalized spacial score (nSPS) is 23.3. The van der Waals surface area contributed by atoms with Crippen LogP contribution in [0.4, 0.5) is 5.82 Å². The number of hydrogen-bond donors (Lipinski definition) is 2. The van der Waals surface area contributed by atoms with Gasteiger partial charge in [0.1, 0.15) is 5.82 Å². The molecule has 1 aromatic heterocycles. The molecule has 1 unspecified atom stereocenters. The number of nitrogens with zero attached hydrogens (tertiary/aromatic N) is 3. The second kappa shape index (κ2) is 5.04.